The second kappa shape index (κ2) is 4.96. The van der Waals surface area contributed by atoms with E-state index in [2.05, 4.69) is 28.5 Å². The second-order valence-electron chi connectivity index (χ2n) is 4.17. The van der Waals surface area contributed by atoms with Gasteiger partial charge in [-0.3, -0.25) is 4.98 Å². The summed E-state index contributed by atoms with van der Waals surface area (Å²) in [6.45, 7) is 3.11. The number of nitrogens with one attached hydrogen (secondary N) is 1. The van der Waals surface area contributed by atoms with Crippen molar-refractivity contribution in [2.75, 3.05) is 11.9 Å². The normalized spacial score (nSPS) is 20.2. The summed E-state index contributed by atoms with van der Waals surface area (Å²) in [5.41, 5.74) is 2.26. The Bertz CT molecular complexity index is 344. The van der Waals surface area contributed by atoms with Gasteiger partial charge in [0.1, 0.15) is 0 Å². The van der Waals surface area contributed by atoms with Crippen LogP contribution in [0.3, 0.4) is 0 Å². The average Bonchev–Trinajstić information content (AvgIpc) is 2.29. The molecule has 1 aliphatic carbocycles. The van der Waals surface area contributed by atoms with Gasteiger partial charge in [0.2, 0.25) is 0 Å². The van der Waals surface area contributed by atoms with Crippen LogP contribution in [0.1, 0.15) is 25.0 Å². The van der Waals surface area contributed by atoms with Crippen molar-refractivity contribution in [1.29, 1.82) is 0 Å². The van der Waals surface area contributed by atoms with Gasteiger partial charge in [0.05, 0.1) is 11.4 Å². The van der Waals surface area contributed by atoms with E-state index in [4.69, 9.17) is 0 Å². The molecule has 0 amide bonds. The fraction of sp³-hybridized carbons (Fsp3) is 0.462. The standard InChI is InChI=1S/C13H18N2/c1-11-13(8-5-9-14-11)15-10-12-6-3-2-4-7-12/h2-3,5,8-9,12,15H,4,6-7,10H2,1H3/t12-/m0/s1. The zero-order valence-electron chi connectivity index (χ0n) is 9.24. The third-order valence-electron chi connectivity index (χ3n) is 2.97. The molecule has 2 heteroatoms. The first kappa shape index (κ1) is 10.2. The molecular formula is C13H18N2. The lowest BCUT2D eigenvalue weighted by atomic mass is 9.94. The van der Waals surface area contributed by atoms with Gasteiger partial charge in [-0.05, 0) is 44.2 Å². The van der Waals surface area contributed by atoms with E-state index in [0.29, 0.717) is 0 Å². The van der Waals surface area contributed by atoms with Crippen molar-refractivity contribution >= 4 is 5.69 Å². The third-order valence-corrected chi connectivity index (χ3v) is 2.97. The highest BCUT2D eigenvalue weighted by Gasteiger charge is 2.09. The van der Waals surface area contributed by atoms with Gasteiger partial charge in [0, 0.05) is 12.7 Å². The molecule has 0 unspecified atom stereocenters. The summed E-state index contributed by atoms with van der Waals surface area (Å²) in [6, 6.07) is 4.08. The molecule has 1 atom stereocenters. The molecule has 1 aromatic heterocycles. The summed E-state index contributed by atoms with van der Waals surface area (Å²) >= 11 is 0. The number of pyridine rings is 1. The largest absolute Gasteiger partial charge is 0.383 e. The first-order valence-corrected chi connectivity index (χ1v) is 5.67. The molecule has 0 aliphatic heterocycles. The molecule has 0 aromatic carbocycles. The zero-order valence-corrected chi connectivity index (χ0v) is 9.24. The Morgan fingerprint density at radius 3 is 3.13 bits per heavy atom. The van der Waals surface area contributed by atoms with E-state index in [-0.39, 0.29) is 0 Å². The molecule has 0 fully saturated rings. The summed E-state index contributed by atoms with van der Waals surface area (Å²) in [6.07, 6.45) is 10.2. The fourth-order valence-corrected chi connectivity index (χ4v) is 1.97. The molecule has 0 saturated carbocycles. The minimum Gasteiger partial charge on any atom is -0.383 e. The Labute approximate surface area is 91.4 Å². The van der Waals surface area contributed by atoms with Crippen molar-refractivity contribution in [3.05, 3.63) is 36.2 Å². The van der Waals surface area contributed by atoms with Crippen molar-refractivity contribution in [2.45, 2.75) is 26.2 Å². The van der Waals surface area contributed by atoms with Crippen LogP contribution < -0.4 is 5.32 Å². The summed E-state index contributed by atoms with van der Waals surface area (Å²) in [7, 11) is 0. The molecule has 1 heterocycles. The molecular weight excluding hydrogens is 184 g/mol. The lowest BCUT2D eigenvalue weighted by molar-refractivity contribution is 0.504. The van der Waals surface area contributed by atoms with Gasteiger partial charge in [-0.15, -0.1) is 0 Å². The van der Waals surface area contributed by atoms with Crippen molar-refractivity contribution in [3.8, 4) is 0 Å². The van der Waals surface area contributed by atoms with E-state index in [1.165, 1.54) is 24.9 Å². The zero-order chi connectivity index (χ0) is 10.5. The van der Waals surface area contributed by atoms with Gasteiger partial charge in [0.15, 0.2) is 0 Å². The minimum atomic E-state index is 0.787. The minimum absolute atomic E-state index is 0.787. The first-order chi connectivity index (χ1) is 7.36. The van der Waals surface area contributed by atoms with Crippen molar-refractivity contribution in [2.24, 2.45) is 5.92 Å². The van der Waals surface area contributed by atoms with Crippen LogP contribution >= 0.6 is 0 Å². The Balaban J connectivity index is 1.87. The van der Waals surface area contributed by atoms with Gasteiger partial charge in [-0.1, -0.05) is 12.2 Å². The van der Waals surface area contributed by atoms with Crippen LogP contribution in [-0.2, 0) is 0 Å². The lowest BCUT2D eigenvalue weighted by Crippen LogP contribution is -2.15. The van der Waals surface area contributed by atoms with E-state index in [1.807, 2.05) is 19.2 Å². The number of nitrogens with zero attached hydrogens (tertiary/aromatic N) is 1. The highest BCUT2D eigenvalue weighted by Crippen LogP contribution is 2.19. The van der Waals surface area contributed by atoms with Crippen LogP contribution in [0.2, 0.25) is 0 Å². The topological polar surface area (TPSA) is 24.9 Å². The number of anilines is 1. The number of hydrogen-bond donors (Lipinski definition) is 1. The molecule has 0 saturated heterocycles. The smallest absolute Gasteiger partial charge is 0.0603 e. The average molecular weight is 202 g/mol. The van der Waals surface area contributed by atoms with Crippen molar-refractivity contribution < 1.29 is 0 Å². The van der Waals surface area contributed by atoms with Gasteiger partial charge in [0.25, 0.3) is 0 Å². The Morgan fingerprint density at radius 1 is 1.47 bits per heavy atom. The van der Waals surface area contributed by atoms with E-state index in [9.17, 15) is 0 Å². The SMILES string of the molecule is Cc1ncccc1NC[C@H]1CC=CCC1. The highest BCUT2D eigenvalue weighted by molar-refractivity contribution is 5.46. The maximum Gasteiger partial charge on any atom is 0.0603 e. The van der Waals surface area contributed by atoms with E-state index in [0.717, 1.165) is 18.2 Å². The number of allylic oxidation sites excluding steroid dienone is 2. The molecule has 2 rings (SSSR count). The molecule has 0 spiro atoms. The number of aromatic nitrogens is 1. The first-order valence-electron chi connectivity index (χ1n) is 5.67. The molecule has 1 N–H and O–H groups in total. The van der Waals surface area contributed by atoms with Gasteiger partial charge in [-0.25, -0.2) is 0 Å². The predicted molar refractivity (Wildman–Crippen MR) is 63.9 cm³/mol. The maximum atomic E-state index is 4.27. The Hall–Kier alpha value is -1.31. The fourth-order valence-electron chi connectivity index (χ4n) is 1.97. The monoisotopic (exact) mass is 202 g/mol. The van der Waals surface area contributed by atoms with Gasteiger partial charge < -0.3 is 5.32 Å². The van der Waals surface area contributed by atoms with E-state index in [1.54, 1.807) is 0 Å². The van der Waals surface area contributed by atoms with Crippen LogP contribution in [0.4, 0.5) is 5.69 Å². The molecule has 0 radical (unpaired) electrons. The van der Waals surface area contributed by atoms with E-state index < -0.39 is 0 Å². The Kier molecular flexibility index (Phi) is 3.38. The highest BCUT2D eigenvalue weighted by atomic mass is 14.9. The Morgan fingerprint density at radius 2 is 2.40 bits per heavy atom. The number of rotatable bonds is 3. The second-order valence-corrected chi connectivity index (χ2v) is 4.17. The summed E-state index contributed by atoms with van der Waals surface area (Å²) in [5, 5.41) is 3.49. The molecule has 2 nitrogen and oxygen atoms in total. The molecule has 1 aromatic rings. The molecule has 0 bridgehead atoms. The predicted octanol–water partition coefficient (Wildman–Crippen LogP) is 3.16. The lowest BCUT2D eigenvalue weighted by Gasteiger charge is -2.19. The van der Waals surface area contributed by atoms with Gasteiger partial charge >= 0.3 is 0 Å². The van der Waals surface area contributed by atoms with Crippen LogP contribution in [0, 0.1) is 12.8 Å². The van der Waals surface area contributed by atoms with Crippen LogP contribution in [0.15, 0.2) is 30.5 Å². The number of aryl methyl sites for hydroxylation is 1. The van der Waals surface area contributed by atoms with Crippen molar-refractivity contribution in [3.63, 3.8) is 0 Å². The summed E-state index contributed by atoms with van der Waals surface area (Å²) in [4.78, 5) is 4.27. The molecule has 1 aliphatic rings. The van der Waals surface area contributed by atoms with Crippen LogP contribution in [0.25, 0.3) is 0 Å². The third kappa shape index (κ3) is 2.82. The molecule has 15 heavy (non-hydrogen) atoms. The van der Waals surface area contributed by atoms with Crippen LogP contribution in [0.5, 0.6) is 0 Å². The maximum absolute atomic E-state index is 4.27. The van der Waals surface area contributed by atoms with E-state index >= 15 is 0 Å². The number of hydrogen-bond acceptors (Lipinski definition) is 2. The molecule has 80 valence electrons. The summed E-state index contributed by atoms with van der Waals surface area (Å²) < 4.78 is 0. The van der Waals surface area contributed by atoms with Crippen LogP contribution in [-0.4, -0.2) is 11.5 Å². The van der Waals surface area contributed by atoms with Gasteiger partial charge in [-0.2, -0.15) is 0 Å². The van der Waals surface area contributed by atoms with Crippen molar-refractivity contribution in [1.82, 2.24) is 4.98 Å². The summed E-state index contributed by atoms with van der Waals surface area (Å²) in [5.74, 6) is 0.787. The quantitative estimate of drug-likeness (QED) is 0.761.